The van der Waals surface area contributed by atoms with Gasteiger partial charge < -0.3 is 10.4 Å². The first-order chi connectivity index (χ1) is 15.4. The lowest BCUT2D eigenvalue weighted by atomic mass is 9.97. The van der Waals surface area contributed by atoms with Crippen LogP contribution < -0.4 is 5.32 Å². The fourth-order valence-electron chi connectivity index (χ4n) is 4.75. The molecule has 2 fully saturated rings. The molecule has 1 aliphatic carbocycles. The topological polar surface area (TPSA) is 107 Å². The van der Waals surface area contributed by atoms with Gasteiger partial charge in [0.1, 0.15) is 6.04 Å². The molecule has 8 nitrogen and oxygen atoms in total. The number of halogens is 3. The van der Waals surface area contributed by atoms with Crippen LogP contribution in [0.25, 0.3) is 0 Å². The number of nitrogens with zero attached hydrogens (tertiary/aromatic N) is 2. The first-order valence-corrected chi connectivity index (χ1v) is 12.2. The molecule has 1 saturated carbocycles. The van der Waals surface area contributed by atoms with Crippen LogP contribution >= 0.6 is 0 Å². The first-order valence-electron chi connectivity index (χ1n) is 10.8. The Bertz CT molecular complexity index is 984. The van der Waals surface area contributed by atoms with Gasteiger partial charge in [-0.1, -0.05) is 13.3 Å². The van der Waals surface area contributed by atoms with Crippen molar-refractivity contribution >= 4 is 22.0 Å². The Labute approximate surface area is 190 Å². The number of benzene rings is 1. The highest BCUT2D eigenvalue weighted by Gasteiger charge is 2.47. The summed E-state index contributed by atoms with van der Waals surface area (Å²) in [6.45, 7) is 2.22. The highest BCUT2D eigenvalue weighted by molar-refractivity contribution is 7.89. The summed E-state index contributed by atoms with van der Waals surface area (Å²) in [5, 5.41) is 12.2. The van der Waals surface area contributed by atoms with Gasteiger partial charge in [-0.05, 0) is 55.4 Å². The zero-order valence-corrected chi connectivity index (χ0v) is 19.2. The fraction of sp³-hybridized carbons (Fsp3) is 0.619. The lowest BCUT2D eigenvalue weighted by Gasteiger charge is -2.28. The maximum atomic E-state index is 13.0. The second-order valence-electron chi connectivity index (χ2n) is 8.66. The quantitative estimate of drug-likeness (QED) is 0.610. The Balaban J connectivity index is 1.70. The van der Waals surface area contributed by atoms with Gasteiger partial charge in [0.25, 0.3) is 0 Å². The van der Waals surface area contributed by atoms with Crippen LogP contribution in [0.2, 0.25) is 0 Å². The van der Waals surface area contributed by atoms with Crippen LogP contribution in [-0.4, -0.2) is 67.0 Å². The van der Waals surface area contributed by atoms with E-state index in [2.05, 4.69) is 5.32 Å². The van der Waals surface area contributed by atoms with Crippen LogP contribution in [0.15, 0.2) is 29.2 Å². The molecule has 2 N–H and O–H groups in total. The summed E-state index contributed by atoms with van der Waals surface area (Å²) in [5.41, 5.74) is -0.921. The number of likely N-dealkylation sites (N-methyl/N-ethyl adjacent to an activating group) is 1. The van der Waals surface area contributed by atoms with Crippen molar-refractivity contribution in [3.63, 3.8) is 0 Å². The summed E-state index contributed by atoms with van der Waals surface area (Å²) in [4.78, 5) is 24.9. The molecule has 12 heteroatoms. The molecule has 1 heterocycles. The van der Waals surface area contributed by atoms with E-state index in [0.717, 1.165) is 29.2 Å². The summed E-state index contributed by atoms with van der Waals surface area (Å²) in [5.74, 6) is -0.534. The molecular formula is C21H28F3N3O5S. The van der Waals surface area contributed by atoms with Crippen molar-refractivity contribution in [1.29, 1.82) is 0 Å². The molecule has 2 amide bonds. The van der Waals surface area contributed by atoms with Crippen LogP contribution in [0, 0.1) is 11.8 Å². The smallest absolute Gasteiger partial charge is 0.416 e. The molecule has 2 aliphatic rings. The van der Waals surface area contributed by atoms with Crippen LogP contribution in [0.5, 0.6) is 0 Å². The number of amides is 2. The van der Waals surface area contributed by atoms with E-state index in [0.29, 0.717) is 25.7 Å². The molecule has 33 heavy (non-hydrogen) atoms. The average Bonchev–Trinajstić information content (AvgIpc) is 3.33. The predicted octanol–water partition coefficient (Wildman–Crippen LogP) is 3.00. The monoisotopic (exact) mass is 491 g/mol. The van der Waals surface area contributed by atoms with Crippen LogP contribution in [0.3, 0.4) is 0 Å². The lowest BCUT2D eigenvalue weighted by Crippen LogP contribution is -2.51. The predicted molar refractivity (Wildman–Crippen MR) is 113 cm³/mol. The van der Waals surface area contributed by atoms with Crippen LogP contribution in [0.1, 0.15) is 38.2 Å². The first kappa shape index (κ1) is 25.3. The molecule has 4 atom stereocenters. The molecule has 0 spiro atoms. The zero-order chi connectivity index (χ0) is 24.6. The van der Waals surface area contributed by atoms with Gasteiger partial charge in [-0.2, -0.15) is 17.5 Å². The largest absolute Gasteiger partial charge is 0.465 e. The molecule has 1 aromatic rings. The third-order valence-electron chi connectivity index (χ3n) is 6.60. The Hall–Kier alpha value is -2.34. The summed E-state index contributed by atoms with van der Waals surface area (Å²) in [6, 6.07) is 2.29. The van der Waals surface area contributed by atoms with E-state index in [4.69, 9.17) is 0 Å². The highest BCUT2D eigenvalue weighted by Crippen LogP contribution is 2.40. The van der Waals surface area contributed by atoms with E-state index in [1.54, 1.807) is 0 Å². The maximum Gasteiger partial charge on any atom is 0.416 e. The highest BCUT2D eigenvalue weighted by atomic mass is 32.2. The standard InChI is InChI=1S/C21H28F3N3O5S/c1-3-4-18(26(2)20(29)30)19(28)25-17-10-5-13-11-27(12-16(13)17)33(31,32)15-8-6-14(7-9-15)21(22,23)24/h6-9,13,16-18H,3-5,10-12H2,1-2H3,(H,25,28)(H,29,30)/t13-,16+,17-,18-/m0/s1. The van der Waals surface area contributed by atoms with Gasteiger partial charge in [0, 0.05) is 26.2 Å². The number of carboxylic acid groups (broad SMARTS) is 1. The van der Waals surface area contributed by atoms with Crippen molar-refractivity contribution in [3.05, 3.63) is 29.8 Å². The third kappa shape index (κ3) is 5.26. The van der Waals surface area contributed by atoms with E-state index in [9.17, 15) is 36.3 Å². The molecular weight excluding hydrogens is 463 g/mol. The number of nitrogens with one attached hydrogen (secondary N) is 1. The van der Waals surface area contributed by atoms with E-state index in [1.807, 2.05) is 6.92 Å². The van der Waals surface area contributed by atoms with Gasteiger partial charge in [0.15, 0.2) is 0 Å². The van der Waals surface area contributed by atoms with E-state index < -0.39 is 39.8 Å². The van der Waals surface area contributed by atoms with Crippen LogP contribution in [-0.2, 0) is 21.0 Å². The number of alkyl halides is 3. The normalized spacial score (nSPS) is 24.3. The third-order valence-corrected chi connectivity index (χ3v) is 8.45. The molecule has 1 aromatic carbocycles. The van der Waals surface area contributed by atoms with Gasteiger partial charge in [0.05, 0.1) is 10.5 Å². The molecule has 1 aliphatic heterocycles. The van der Waals surface area contributed by atoms with Gasteiger partial charge in [-0.15, -0.1) is 0 Å². The minimum Gasteiger partial charge on any atom is -0.465 e. The Morgan fingerprint density at radius 2 is 1.85 bits per heavy atom. The molecule has 184 valence electrons. The van der Waals surface area contributed by atoms with Crippen molar-refractivity contribution in [2.75, 3.05) is 20.1 Å². The fourth-order valence-corrected chi connectivity index (χ4v) is 6.29. The van der Waals surface area contributed by atoms with Crippen molar-refractivity contribution in [3.8, 4) is 0 Å². The molecule has 0 aromatic heterocycles. The van der Waals surface area contributed by atoms with Gasteiger partial charge >= 0.3 is 12.3 Å². The summed E-state index contributed by atoms with van der Waals surface area (Å²) in [6.07, 6.45) is -3.42. The second kappa shape index (κ2) is 9.49. The lowest BCUT2D eigenvalue weighted by molar-refractivity contribution is -0.137. The summed E-state index contributed by atoms with van der Waals surface area (Å²) in [7, 11) is -2.64. The Kier molecular flexibility index (Phi) is 7.27. The van der Waals surface area contributed by atoms with Gasteiger partial charge in [-0.25, -0.2) is 13.2 Å². The molecule has 0 bridgehead atoms. The van der Waals surface area contributed by atoms with Crippen molar-refractivity contribution in [1.82, 2.24) is 14.5 Å². The summed E-state index contributed by atoms with van der Waals surface area (Å²) < 4.78 is 65.6. The van der Waals surface area contributed by atoms with Crippen molar-refractivity contribution in [2.24, 2.45) is 11.8 Å². The van der Waals surface area contributed by atoms with Gasteiger partial charge in [0.2, 0.25) is 15.9 Å². The second-order valence-corrected chi connectivity index (χ2v) is 10.6. The SMILES string of the molecule is CCC[C@@H](C(=O)N[C@H]1CC[C@H]2CN(S(=O)(=O)c3ccc(C(F)(F)F)cc3)C[C@H]21)N(C)C(=O)O. The Morgan fingerprint density at radius 3 is 2.39 bits per heavy atom. The van der Waals surface area contributed by atoms with Crippen molar-refractivity contribution < 1.29 is 36.3 Å². The zero-order valence-electron chi connectivity index (χ0n) is 18.4. The number of rotatable bonds is 7. The van der Waals surface area contributed by atoms with E-state index >= 15 is 0 Å². The molecule has 1 saturated heterocycles. The number of carbonyl (C=O) groups excluding carboxylic acids is 1. The summed E-state index contributed by atoms with van der Waals surface area (Å²) >= 11 is 0. The minimum absolute atomic E-state index is 0.0151. The van der Waals surface area contributed by atoms with Crippen molar-refractivity contribution in [2.45, 2.75) is 55.8 Å². The average molecular weight is 492 g/mol. The number of hydrogen-bond donors (Lipinski definition) is 2. The number of fused-ring (bicyclic) bond motifs is 1. The molecule has 0 unspecified atom stereocenters. The number of carbonyl (C=O) groups is 2. The van der Waals surface area contributed by atoms with Crippen LogP contribution in [0.4, 0.5) is 18.0 Å². The minimum atomic E-state index is -4.55. The molecule has 3 rings (SSSR count). The van der Waals surface area contributed by atoms with E-state index in [1.165, 1.54) is 11.4 Å². The van der Waals surface area contributed by atoms with Gasteiger partial charge in [-0.3, -0.25) is 9.69 Å². The number of sulfonamides is 1. The maximum absolute atomic E-state index is 13.0. The Morgan fingerprint density at radius 1 is 1.21 bits per heavy atom. The number of hydrogen-bond acceptors (Lipinski definition) is 4. The van der Waals surface area contributed by atoms with E-state index in [-0.39, 0.29) is 35.9 Å². The molecule has 0 radical (unpaired) electrons.